The van der Waals surface area contributed by atoms with Crippen LogP contribution in [-0.2, 0) is 4.57 Å². The van der Waals surface area contributed by atoms with Crippen LogP contribution in [0.15, 0.2) is 140 Å². The molecular weight excluding hydrogens is 495 g/mol. The van der Waals surface area contributed by atoms with Gasteiger partial charge in [-0.15, -0.1) is 0 Å². The number of rotatable bonds is 3. The lowest BCUT2D eigenvalue weighted by Crippen LogP contribution is -2.25. The molecule has 8 aromatic rings. The topological polar surface area (TPSA) is 34.4 Å². The number of hydrogen-bond donors (Lipinski definition) is 0. The first-order valence-corrected chi connectivity index (χ1v) is 14.8. The van der Waals surface area contributed by atoms with Crippen LogP contribution in [0.4, 0.5) is 0 Å². The van der Waals surface area contributed by atoms with E-state index in [0.717, 1.165) is 65.0 Å². The third-order valence-electron chi connectivity index (χ3n) is 7.82. The van der Waals surface area contributed by atoms with Crippen molar-refractivity contribution >= 4 is 72.2 Å². The van der Waals surface area contributed by atoms with E-state index in [1.807, 2.05) is 72.8 Å². The second-order valence-electron chi connectivity index (χ2n) is 9.92. The highest BCUT2D eigenvalue weighted by Gasteiger charge is 2.32. The SMILES string of the molecule is O=P(c1ccccc1)(c1ccccc1)c1cccc2c1c1ccc3ccccc3c1c1nc3ccccc3n21. The fraction of sp³-hybridized carbons (Fsp3) is 0. The van der Waals surface area contributed by atoms with Gasteiger partial charge in [0, 0.05) is 26.7 Å². The lowest BCUT2D eigenvalue weighted by Gasteiger charge is -2.23. The molecule has 0 radical (unpaired) electrons. The zero-order chi connectivity index (χ0) is 26.0. The molecule has 0 fully saturated rings. The van der Waals surface area contributed by atoms with Crippen molar-refractivity contribution in [2.24, 2.45) is 0 Å². The van der Waals surface area contributed by atoms with Crippen molar-refractivity contribution in [3.63, 3.8) is 0 Å². The molecule has 0 aliphatic rings. The molecule has 2 heterocycles. The summed E-state index contributed by atoms with van der Waals surface area (Å²) in [6.07, 6.45) is 0. The molecule has 3 nitrogen and oxygen atoms in total. The number of imidazole rings is 1. The van der Waals surface area contributed by atoms with E-state index >= 15 is 4.57 Å². The summed E-state index contributed by atoms with van der Waals surface area (Å²) in [6, 6.07) is 47.1. The Hall–Kier alpha value is -4.72. The van der Waals surface area contributed by atoms with E-state index in [2.05, 4.69) is 71.1 Å². The molecule has 39 heavy (non-hydrogen) atoms. The van der Waals surface area contributed by atoms with Crippen molar-refractivity contribution < 1.29 is 4.57 Å². The monoisotopic (exact) mass is 518 g/mol. The highest BCUT2D eigenvalue weighted by atomic mass is 31.2. The van der Waals surface area contributed by atoms with Crippen molar-refractivity contribution in [2.75, 3.05) is 0 Å². The Morgan fingerprint density at radius 1 is 0.513 bits per heavy atom. The number of pyridine rings is 1. The van der Waals surface area contributed by atoms with Gasteiger partial charge in [0.1, 0.15) is 5.65 Å². The molecule has 0 atom stereocenters. The predicted octanol–water partition coefficient (Wildman–Crippen LogP) is 7.59. The van der Waals surface area contributed by atoms with Crippen LogP contribution in [0.2, 0.25) is 0 Å². The van der Waals surface area contributed by atoms with Gasteiger partial charge in [-0.2, -0.15) is 0 Å². The number of aromatic nitrogens is 2. The zero-order valence-corrected chi connectivity index (χ0v) is 21.9. The van der Waals surface area contributed by atoms with Gasteiger partial charge < -0.3 is 4.57 Å². The third kappa shape index (κ3) is 3.11. The summed E-state index contributed by atoms with van der Waals surface area (Å²) >= 11 is 0. The molecule has 8 rings (SSSR count). The van der Waals surface area contributed by atoms with Crippen molar-refractivity contribution in [3.05, 3.63) is 140 Å². The highest BCUT2D eigenvalue weighted by Crippen LogP contribution is 2.46. The molecule has 0 N–H and O–H groups in total. The summed E-state index contributed by atoms with van der Waals surface area (Å²) in [7, 11) is -3.24. The molecule has 0 aliphatic carbocycles. The fourth-order valence-corrected chi connectivity index (χ4v) is 9.00. The number of hydrogen-bond acceptors (Lipinski definition) is 2. The first kappa shape index (κ1) is 22.3. The largest absolute Gasteiger partial charge is 0.309 e. The second kappa shape index (κ2) is 8.39. The summed E-state index contributed by atoms with van der Waals surface area (Å²) in [5.41, 5.74) is 3.91. The van der Waals surface area contributed by atoms with E-state index in [1.165, 1.54) is 0 Å². The summed E-state index contributed by atoms with van der Waals surface area (Å²) in [5, 5.41) is 7.95. The van der Waals surface area contributed by atoms with Crippen molar-refractivity contribution in [1.29, 1.82) is 0 Å². The number of nitrogens with zero attached hydrogens (tertiary/aromatic N) is 2. The smallest absolute Gasteiger partial charge is 0.171 e. The fourth-order valence-electron chi connectivity index (χ4n) is 6.11. The Labute approximate surface area is 225 Å². The molecule has 6 aromatic carbocycles. The molecule has 0 saturated carbocycles. The Morgan fingerprint density at radius 3 is 1.92 bits per heavy atom. The number of fused-ring (bicyclic) bond motifs is 10. The van der Waals surface area contributed by atoms with Gasteiger partial charge in [-0.3, -0.25) is 4.40 Å². The van der Waals surface area contributed by atoms with Crippen molar-refractivity contribution in [1.82, 2.24) is 9.38 Å². The van der Waals surface area contributed by atoms with E-state index in [0.29, 0.717) is 0 Å². The van der Waals surface area contributed by atoms with E-state index in [9.17, 15) is 0 Å². The van der Waals surface area contributed by atoms with Crippen LogP contribution in [0.3, 0.4) is 0 Å². The maximum atomic E-state index is 15.7. The number of para-hydroxylation sites is 2. The van der Waals surface area contributed by atoms with Crippen LogP contribution in [0.5, 0.6) is 0 Å². The number of benzene rings is 6. The van der Waals surface area contributed by atoms with Gasteiger partial charge in [0.05, 0.1) is 16.6 Å². The average Bonchev–Trinajstić information content (AvgIpc) is 3.41. The van der Waals surface area contributed by atoms with Gasteiger partial charge in [-0.05, 0) is 34.4 Å². The standard InChI is InChI=1S/C35H23N2OP/c38-39(25-13-3-1-4-14-25,26-15-5-2-6-16-26)32-21-11-20-31-34(32)28-23-22-24-12-7-8-17-27(24)33(28)35-36-29-18-9-10-19-30(29)37(31)35/h1-23H. The minimum atomic E-state index is -3.24. The first-order chi connectivity index (χ1) is 19.2. The summed E-state index contributed by atoms with van der Waals surface area (Å²) in [6.45, 7) is 0. The molecule has 4 heteroatoms. The van der Waals surface area contributed by atoms with Crippen molar-refractivity contribution in [3.8, 4) is 0 Å². The zero-order valence-electron chi connectivity index (χ0n) is 21.0. The summed E-state index contributed by atoms with van der Waals surface area (Å²) < 4.78 is 17.9. The molecular formula is C35H23N2OP. The molecule has 0 spiro atoms. The minimum absolute atomic E-state index is 0.827. The molecule has 0 amide bonds. The van der Waals surface area contributed by atoms with Gasteiger partial charge in [0.25, 0.3) is 0 Å². The minimum Gasteiger partial charge on any atom is -0.309 e. The van der Waals surface area contributed by atoms with Gasteiger partial charge in [-0.25, -0.2) is 4.98 Å². The van der Waals surface area contributed by atoms with Gasteiger partial charge in [0.15, 0.2) is 7.14 Å². The van der Waals surface area contributed by atoms with Crippen molar-refractivity contribution in [2.45, 2.75) is 0 Å². The Bertz CT molecular complexity index is 2210. The highest BCUT2D eigenvalue weighted by molar-refractivity contribution is 7.85. The maximum Gasteiger partial charge on any atom is 0.171 e. The molecule has 2 aromatic heterocycles. The Morgan fingerprint density at radius 2 is 1.15 bits per heavy atom. The molecule has 0 bridgehead atoms. The van der Waals surface area contributed by atoms with Gasteiger partial charge in [0.2, 0.25) is 0 Å². The lowest BCUT2D eigenvalue weighted by atomic mass is 9.99. The summed E-state index contributed by atoms with van der Waals surface area (Å²) in [4.78, 5) is 5.15. The second-order valence-corrected chi connectivity index (χ2v) is 12.7. The third-order valence-corrected chi connectivity index (χ3v) is 10.9. The maximum absolute atomic E-state index is 15.7. The van der Waals surface area contributed by atoms with Crippen LogP contribution in [0.25, 0.3) is 49.1 Å². The molecule has 0 saturated heterocycles. The van der Waals surface area contributed by atoms with Gasteiger partial charge >= 0.3 is 0 Å². The summed E-state index contributed by atoms with van der Waals surface area (Å²) in [5.74, 6) is 0. The average molecular weight is 519 g/mol. The van der Waals surface area contributed by atoms with E-state index < -0.39 is 7.14 Å². The predicted molar refractivity (Wildman–Crippen MR) is 165 cm³/mol. The van der Waals surface area contributed by atoms with Crippen LogP contribution in [-0.4, -0.2) is 9.38 Å². The molecule has 184 valence electrons. The Balaban J connectivity index is 1.66. The van der Waals surface area contributed by atoms with Gasteiger partial charge in [-0.1, -0.05) is 121 Å². The lowest BCUT2D eigenvalue weighted by molar-refractivity contribution is 0.592. The van der Waals surface area contributed by atoms with E-state index in [-0.39, 0.29) is 0 Å². The van der Waals surface area contributed by atoms with Crippen LogP contribution < -0.4 is 15.9 Å². The van der Waals surface area contributed by atoms with Crippen LogP contribution in [0, 0.1) is 0 Å². The van der Waals surface area contributed by atoms with Crippen LogP contribution in [0.1, 0.15) is 0 Å². The van der Waals surface area contributed by atoms with E-state index in [4.69, 9.17) is 4.98 Å². The van der Waals surface area contributed by atoms with Crippen LogP contribution >= 0.6 is 7.14 Å². The quantitative estimate of drug-likeness (QED) is 0.178. The first-order valence-electron chi connectivity index (χ1n) is 13.1. The molecule has 0 aliphatic heterocycles. The normalized spacial score (nSPS) is 12.2. The Kier molecular flexibility index (Phi) is 4.79. The molecule has 0 unspecified atom stereocenters. The van der Waals surface area contributed by atoms with E-state index in [1.54, 1.807) is 0 Å².